The maximum Gasteiger partial charge on any atom is 0.246 e. The summed E-state index contributed by atoms with van der Waals surface area (Å²) in [7, 11) is 0. The molecule has 0 radical (unpaired) electrons. The molecule has 0 spiro atoms. The van der Waals surface area contributed by atoms with Crippen LogP contribution in [0.5, 0.6) is 0 Å². The molecule has 3 aromatic rings. The van der Waals surface area contributed by atoms with E-state index in [0.717, 1.165) is 5.56 Å². The highest BCUT2D eigenvalue weighted by atomic mass is 35.5. The number of hydrogen-bond acceptors (Lipinski definition) is 4. The maximum atomic E-state index is 13.5. The molecule has 5 nitrogen and oxygen atoms in total. The third-order valence-corrected chi connectivity index (χ3v) is 3.53. The van der Waals surface area contributed by atoms with Gasteiger partial charge in [0.25, 0.3) is 0 Å². The Morgan fingerprint density at radius 3 is 2.83 bits per heavy atom. The van der Waals surface area contributed by atoms with Gasteiger partial charge in [0.2, 0.25) is 17.6 Å². The Morgan fingerprint density at radius 2 is 2.04 bits per heavy atom. The van der Waals surface area contributed by atoms with Gasteiger partial charge < -0.3 is 9.84 Å². The standard InChI is InChI=1S/C17H13ClFN3O2/c18-13-6-3-5-12(8-13)17-21-16(24-22-17)10-20-15(23)9-11-4-1-2-7-14(11)19/h1-8H,9-10H2,(H,20,23). The summed E-state index contributed by atoms with van der Waals surface area (Å²) in [5.41, 5.74) is 1.05. The maximum absolute atomic E-state index is 13.5. The molecule has 0 saturated heterocycles. The molecule has 1 aromatic heterocycles. The van der Waals surface area contributed by atoms with E-state index in [1.54, 1.807) is 42.5 Å². The highest BCUT2D eigenvalue weighted by molar-refractivity contribution is 6.30. The van der Waals surface area contributed by atoms with Gasteiger partial charge in [-0.25, -0.2) is 4.39 Å². The summed E-state index contributed by atoms with van der Waals surface area (Å²) in [6, 6.07) is 13.2. The van der Waals surface area contributed by atoms with Gasteiger partial charge in [0.05, 0.1) is 13.0 Å². The molecule has 0 aliphatic rings. The van der Waals surface area contributed by atoms with Crippen molar-refractivity contribution in [2.24, 2.45) is 0 Å². The van der Waals surface area contributed by atoms with Crippen LogP contribution in [0.2, 0.25) is 5.02 Å². The van der Waals surface area contributed by atoms with Crippen molar-refractivity contribution < 1.29 is 13.7 Å². The molecule has 3 rings (SSSR count). The number of aromatic nitrogens is 2. The van der Waals surface area contributed by atoms with E-state index < -0.39 is 5.82 Å². The lowest BCUT2D eigenvalue weighted by molar-refractivity contribution is -0.120. The second kappa shape index (κ2) is 7.23. The van der Waals surface area contributed by atoms with E-state index in [1.807, 2.05) is 0 Å². The molecule has 0 aliphatic carbocycles. The molecule has 0 fully saturated rings. The number of benzene rings is 2. The van der Waals surface area contributed by atoms with E-state index >= 15 is 0 Å². The summed E-state index contributed by atoms with van der Waals surface area (Å²) < 4.78 is 18.6. The van der Waals surface area contributed by atoms with Gasteiger partial charge in [0.15, 0.2) is 0 Å². The first-order valence-electron chi connectivity index (χ1n) is 7.20. The van der Waals surface area contributed by atoms with Crippen molar-refractivity contribution in [2.45, 2.75) is 13.0 Å². The van der Waals surface area contributed by atoms with Crippen molar-refractivity contribution in [3.8, 4) is 11.4 Å². The van der Waals surface area contributed by atoms with Gasteiger partial charge in [0, 0.05) is 10.6 Å². The van der Waals surface area contributed by atoms with E-state index in [4.69, 9.17) is 16.1 Å². The number of amides is 1. The van der Waals surface area contributed by atoms with Crippen LogP contribution in [0.25, 0.3) is 11.4 Å². The van der Waals surface area contributed by atoms with E-state index in [0.29, 0.717) is 16.4 Å². The van der Waals surface area contributed by atoms with Gasteiger partial charge >= 0.3 is 0 Å². The van der Waals surface area contributed by atoms with Crippen molar-refractivity contribution in [3.05, 3.63) is 70.8 Å². The van der Waals surface area contributed by atoms with Crippen molar-refractivity contribution in [3.63, 3.8) is 0 Å². The normalized spacial score (nSPS) is 10.6. The zero-order chi connectivity index (χ0) is 16.9. The molecule has 7 heteroatoms. The number of nitrogens with one attached hydrogen (secondary N) is 1. The molecule has 0 bridgehead atoms. The fourth-order valence-corrected chi connectivity index (χ4v) is 2.31. The van der Waals surface area contributed by atoms with Crippen LogP contribution in [-0.4, -0.2) is 16.0 Å². The van der Waals surface area contributed by atoms with Crippen LogP contribution in [0.4, 0.5) is 4.39 Å². The minimum Gasteiger partial charge on any atom is -0.347 e. The molecular weight excluding hydrogens is 333 g/mol. The fourth-order valence-electron chi connectivity index (χ4n) is 2.12. The Kier molecular flexibility index (Phi) is 4.86. The van der Waals surface area contributed by atoms with Crippen LogP contribution in [0, 0.1) is 5.82 Å². The van der Waals surface area contributed by atoms with Gasteiger partial charge in [-0.15, -0.1) is 0 Å². The minimum atomic E-state index is -0.409. The number of rotatable bonds is 5. The van der Waals surface area contributed by atoms with Gasteiger partial charge in [-0.3, -0.25) is 4.79 Å². The van der Waals surface area contributed by atoms with E-state index in [-0.39, 0.29) is 24.8 Å². The second-order valence-corrected chi connectivity index (χ2v) is 5.50. The average molecular weight is 346 g/mol. The number of halogens is 2. The van der Waals surface area contributed by atoms with Gasteiger partial charge in [-0.2, -0.15) is 4.98 Å². The molecule has 0 atom stereocenters. The van der Waals surface area contributed by atoms with Gasteiger partial charge in [-0.05, 0) is 23.8 Å². The number of carbonyl (C=O) groups excluding carboxylic acids is 1. The summed E-state index contributed by atoms with van der Waals surface area (Å²) in [6.45, 7) is 0.0703. The monoisotopic (exact) mass is 345 g/mol. The Balaban J connectivity index is 1.59. The predicted octanol–water partition coefficient (Wildman–Crippen LogP) is 3.39. The molecule has 1 heterocycles. The van der Waals surface area contributed by atoms with Crippen molar-refractivity contribution in [2.75, 3.05) is 0 Å². The van der Waals surface area contributed by atoms with Gasteiger partial charge in [-0.1, -0.05) is 47.1 Å². The lowest BCUT2D eigenvalue weighted by Crippen LogP contribution is -2.25. The average Bonchev–Trinajstić information content (AvgIpc) is 3.04. The van der Waals surface area contributed by atoms with Crippen molar-refractivity contribution in [1.29, 1.82) is 0 Å². The molecule has 122 valence electrons. The quantitative estimate of drug-likeness (QED) is 0.769. The number of hydrogen-bond donors (Lipinski definition) is 1. The minimum absolute atomic E-state index is 0.0536. The molecular formula is C17H13ClFN3O2. The summed E-state index contributed by atoms with van der Waals surface area (Å²) >= 11 is 5.92. The molecule has 2 aromatic carbocycles. The zero-order valence-electron chi connectivity index (χ0n) is 12.5. The zero-order valence-corrected chi connectivity index (χ0v) is 13.3. The first-order chi connectivity index (χ1) is 11.6. The van der Waals surface area contributed by atoms with Crippen molar-refractivity contribution >= 4 is 17.5 Å². The van der Waals surface area contributed by atoms with E-state index in [1.165, 1.54) is 6.07 Å². The molecule has 1 N–H and O–H groups in total. The third kappa shape index (κ3) is 3.97. The smallest absolute Gasteiger partial charge is 0.246 e. The number of carbonyl (C=O) groups is 1. The molecule has 0 saturated carbocycles. The van der Waals surface area contributed by atoms with E-state index in [9.17, 15) is 9.18 Å². The summed E-state index contributed by atoms with van der Waals surface area (Å²) in [6.07, 6.45) is -0.0536. The van der Waals surface area contributed by atoms with Gasteiger partial charge in [0.1, 0.15) is 5.82 Å². The van der Waals surface area contributed by atoms with Crippen LogP contribution >= 0.6 is 11.6 Å². The first kappa shape index (κ1) is 16.1. The van der Waals surface area contributed by atoms with Crippen LogP contribution in [0.1, 0.15) is 11.5 Å². The van der Waals surface area contributed by atoms with Crippen LogP contribution in [-0.2, 0) is 17.8 Å². The lowest BCUT2D eigenvalue weighted by atomic mass is 10.1. The Bertz CT molecular complexity index is 866. The highest BCUT2D eigenvalue weighted by Gasteiger charge is 2.11. The summed E-state index contributed by atoms with van der Waals surface area (Å²) in [4.78, 5) is 16.1. The highest BCUT2D eigenvalue weighted by Crippen LogP contribution is 2.19. The Hall–Kier alpha value is -2.73. The second-order valence-electron chi connectivity index (χ2n) is 5.07. The summed E-state index contributed by atoms with van der Waals surface area (Å²) in [5.74, 6) is -0.0981. The number of nitrogens with zero attached hydrogens (tertiary/aromatic N) is 2. The van der Waals surface area contributed by atoms with Crippen LogP contribution in [0.15, 0.2) is 53.1 Å². The predicted molar refractivity (Wildman–Crippen MR) is 86.7 cm³/mol. The van der Waals surface area contributed by atoms with E-state index in [2.05, 4.69) is 15.5 Å². The lowest BCUT2D eigenvalue weighted by Gasteiger charge is -2.03. The SMILES string of the molecule is O=C(Cc1ccccc1F)NCc1nc(-c2cccc(Cl)c2)no1. The van der Waals surface area contributed by atoms with Crippen LogP contribution < -0.4 is 5.32 Å². The Labute approximate surface area is 142 Å². The topological polar surface area (TPSA) is 68.0 Å². The third-order valence-electron chi connectivity index (χ3n) is 3.30. The largest absolute Gasteiger partial charge is 0.347 e. The molecule has 0 unspecified atom stereocenters. The molecule has 1 amide bonds. The first-order valence-corrected chi connectivity index (χ1v) is 7.58. The van der Waals surface area contributed by atoms with Crippen LogP contribution in [0.3, 0.4) is 0 Å². The fraction of sp³-hybridized carbons (Fsp3) is 0.118. The Morgan fingerprint density at radius 1 is 1.21 bits per heavy atom. The summed E-state index contributed by atoms with van der Waals surface area (Å²) in [5, 5.41) is 7.04. The molecule has 24 heavy (non-hydrogen) atoms. The van der Waals surface area contributed by atoms with Crippen molar-refractivity contribution in [1.82, 2.24) is 15.5 Å². The molecule has 0 aliphatic heterocycles.